The van der Waals surface area contributed by atoms with Crippen LogP contribution in [0.25, 0.3) is 0 Å². The zero-order valence-corrected chi connectivity index (χ0v) is 13.1. The van der Waals surface area contributed by atoms with Crippen molar-refractivity contribution in [1.82, 2.24) is 0 Å². The van der Waals surface area contributed by atoms with Crippen LogP contribution in [0, 0.1) is 12.8 Å². The molecule has 1 atom stereocenters. The first-order chi connectivity index (χ1) is 10.0. The Morgan fingerprint density at radius 2 is 1.90 bits per heavy atom. The van der Waals surface area contributed by atoms with Crippen molar-refractivity contribution in [3.05, 3.63) is 54.0 Å². The highest BCUT2D eigenvalue weighted by Gasteiger charge is 2.18. The summed E-state index contributed by atoms with van der Waals surface area (Å²) in [5, 5.41) is 0. The molecule has 1 aromatic heterocycles. The molecule has 1 unspecified atom stereocenters. The zero-order chi connectivity index (χ0) is 15.3. The highest BCUT2D eigenvalue weighted by Crippen LogP contribution is 2.18. The Morgan fingerprint density at radius 1 is 1.19 bits per heavy atom. The van der Waals surface area contributed by atoms with Crippen molar-refractivity contribution in [2.45, 2.75) is 31.6 Å². The van der Waals surface area contributed by atoms with Crippen molar-refractivity contribution in [3.8, 4) is 0 Å². The molecule has 0 saturated carbocycles. The second-order valence-corrected chi connectivity index (χ2v) is 6.72. The molecule has 0 aliphatic rings. The summed E-state index contributed by atoms with van der Waals surface area (Å²) in [6, 6.07) is 10.4. The maximum absolute atomic E-state index is 12.1. The molecule has 0 bridgehead atoms. The quantitative estimate of drug-likeness (QED) is 0.734. The van der Waals surface area contributed by atoms with Crippen molar-refractivity contribution in [2.24, 2.45) is 5.92 Å². The van der Waals surface area contributed by atoms with Crippen LogP contribution in [-0.2, 0) is 20.7 Å². The maximum Gasteiger partial charge on any atom is 0.296 e. The van der Waals surface area contributed by atoms with Gasteiger partial charge >= 0.3 is 0 Å². The lowest BCUT2D eigenvalue weighted by atomic mass is 10.0. The summed E-state index contributed by atoms with van der Waals surface area (Å²) in [5.41, 5.74) is 1.01. The average Bonchev–Trinajstić information content (AvgIpc) is 2.97. The third-order valence-electron chi connectivity index (χ3n) is 3.42. The second kappa shape index (κ2) is 6.91. The fourth-order valence-electron chi connectivity index (χ4n) is 1.99. The SMILES string of the molecule is CCC(COS(=O)(=O)c1ccc(C)cc1)Cc1ccco1. The van der Waals surface area contributed by atoms with Gasteiger partial charge in [0.05, 0.1) is 17.8 Å². The molecule has 114 valence electrons. The van der Waals surface area contributed by atoms with Crippen LogP contribution in [-0.4, -0.2) is 15.0 Å². The van der Waals surface area contributed by atoms with Crippen LogP contribution >= 0.6 is 0 Å². The van der Waals surface area contributed by atoms with E-state index in [-0.39, 0.29) is 17.4 Å². The van der Waals surface area contributed by atoms with Crippen LogP contribution in [0.2, 0.25) is 0 Å². The molecule has 0 fully saturated rings. The lowest BCUT2D eigenvalue weighted by molar-refractivity contribution is 0.242. The van der Waals surface area contributed by atoms with E-state index in [9.17, 15) is 8.42 Å². The number of rotatable bonds is 7. The third kappa shape index (κ3) is 4.44. The van der Waals surface area contributed by atoms with Crippen LogP contribution in [0.15, 0.2) is 52.0 Å². The van der Waals surface area contributed by atoms with E-state index in [0.29, 0.717) is 6.42 Å². The molecule has 1 heterocycles. The Kier molecular flexibility index (Phi) is 5.20. The molecule has 0 N–H and O–H groups in total. The van der Waals surface area contributed by atoms with Crippen molar-refractivity contribution < 1.29 is 17.0 Å². The largest absolute Gasteiger partial charge is 0.469 e. The molecule has 0 spiro atoms. The number of aryl methyl sites for hydroxylation is 1. The fourth-order valence-corrected chi connectivity index (χ4v) is 2.97. The van der Waals surface area contributed by atoms with Crippen LogP contribution < -0.4 is 0 Å². The summed E-state index contributed by atoms with van der Waals surface area (Å²) >= 11 is 0. The number of hydrogen-bond acceptors (Lipinski definition) is 4. The van der Waals surface area contributed by atoms with Gasteiger partial charge in [0.15, 0.2) is 0 Å². The van der Waals surface area contributed by atoms with E-state index >= 15 is 0 Å². The lowest BCUT2D eigenvalue weighted by Crippen LogP contribution is -2.16. The highest BCUT2D eigenvalue weighted by molar-refractivity contribution is 7.86. The van der Waals surface area contributed by atoms with Crippen LogP contribution in [0.5, 0.6) is 0 Å². The van der Waals surface area contributed by atoms with Gasteiger partial charge in [0.1, 0.15) is 5.76 Å². The minimum atomic E-state index is -3.69. The van der Waals surface area contributed by atoms with Gasteiger partial charge in [-0.05, 0) is 37.1 Å². The Balaban J connectivity index is 1.98. The Labute approximate surface area is 125 Å². The molecule has 2 rings (SSSR count). The van der Waals surface area contributed by atoms with E-state index in [4.69, 9.17) is 8.60 Å². The predicted molar refractivity (Wildman–Crippen MR) is 80.5 cm³/mol. The highest BCUT2D eigenvalue weighted by atomic mass is 32.2. The van der Waals surface area contributed by atoms with Gasteiger partial charge in [-0.3, -0.25) is 4.18 Å². The fraction of sp³-hybridized carbons (Fsp3) is 0.375. The van der Waals surface area contributed by atoms with E-state index in [1.54, 1.807) is 30.5 Å². The molecule has 5 heteroatoms. The van der Waals surface area contributed by atoms with E-state index < -0.39 is 10.1 Å². The average molecular weight is 308 g/mol. The van der Waals surface area contributed by atoms with E-state index in [2.05, 4.69) is 0 Å². The molecular formula is C16H20O4S. The third-order valence-corrected chi connectivity index (χ3v) is 4.71. The molecule has 4 nitrogen and oxygen atoms in total. The van der Waals surface area contributed by atoms with Gasteiger partial charge in [-0.25, -0.2) is 0 Å². The molecule has 0 aliphatic heterocycles. The lowest BCUT2D eigenvalue weighted by Gasteiger charge is -2.13. The van der Waals surface area contributed by atoms with Crippen LogP contribution in [0.4, 0.5) is 0 Å². The normalized spacial score (nSPS) is 13.2. The predicted octanol–water partition coefficient (Wildman–Crippen LogP) is 3.56. The number of benzene rings is 1. The number of furan rings is 1. The standard InChI is InChI=1S/C16H20O4S/c1-3-14(11-15-5-4-10-19-15)12-20-21(17,18)16-8-6-13(2)7-9-16/h4-10,14H,3,11-12H2,1-2H3. The molecular weight excluding hydrogens is 288 g/mol. The first-order valence-corrected chi connectivity index (χ1v) is 8.40. The molecule has 0 saturated heterocycles. The first kappa shape index (κ1) is 15.8. The van der Waals surface area contributed by atoms with Gasteiger partial charge in [0.2, 0.25) is 0 Å². The van der Waals surface area contributed by atoms with Crippen LogP contribution in [0.1, 0.15) is 24.7 Å². The first-order valence-electron chi connectivity index (χ1n) is 6.99. The summed E-state index contributed by atoms with van der Waals surface area (Å²) in [5.74, 6) is 0.953. The zero-order valence-electron chi connectivity index (χ0n) is 12.3. The summed E-state index contributed by atoms with van der Waals surface area (Å²) in [4.78, 5) is 0.195. The Bertz CT molecular complexity index is 642. The van der Waals surface area contributed by atoms with E-state index in [1.807, 2.05) is 26.0 Å². The maximum atomic E-state index is 12.1. The molecule has 2 aromatic rings. The van der Waals surface area contributed by atoms with Gasteiger partial charge in [0.25, 0.3) is 10.1 Å². The van der Waals surface area contributed by atoms with Gasteiger partial charge in [0, 0.05) is 6.42 Å². The van der Waals surface area contributed by atoms with E-state index in [0.717, 1.165) is 17.7 Å². The Morgan fingerprint density at radius 3 is 2.48 bits per heavy atom. The molecule has 1 aromatic carbocycles. The van der Waals surface area contributed by atoms with Gasteiger partial charge in [-0.1, -0.05) is 31.0 Å². The van der Waals surface area contributed by atoms with Gasteiger partial charge in [-0.15, -0.1) is 0 Å². The summed E-state index contributed by atoms with van der Waals surface area (Å²) in [7, 11) is -3.69. The molecule has 0 radical (unpaired) electrons. The minimum absolute atomic E-state index is 0.108. The summed E-state index contributed by atoms with van der Waals surface area (Å²) < 4.78 is 34.7. The molecule has 0 aliphatic carbocycles. The minimum Gasteiger partial charge on any atom is -0.469 e. The number of hydrogen-bond donors (Lipinski definition) is 0. The second-order valence-electron chi connectivity index (χ2n) is 5.11. The van der Waals surface area contributed by atoms with Crippen LogP contribution in [0.3, 0.4) is 0 Å². The van der Waals surface area contributed by atoms with Crippen molar-refractivity contribution in [2.75, 3.05) is 6.61 Å². The summed E-state index contributed by atoms with van der Waals surface area (Å²) in [6.45, 7) is 4.08. The van der Waals surface area contributed by atoms with Crippen molar-refractivity contribution in [3.63, 3.8) is 0 Å². The van der Waals surface area contributed by atoms with E-state index in [1.165, 1.54) is 0 Å². The van der Waals surface area contributed by atoms with Crippen molar-refractivity contribution >= 4 is 10.1 Å². The Hall–Kier alpha value is -1.59. The van der Waals surface area contributed by atoms with Gasteiger partial charge < -0.3 is 4.42 Å². The molecule has 0 amide bonds. The van der Waals surface area contributed by atoms with Gasteiger partial charge in [-0.2, -0.15) is 8.42 Å². The monoisotopic (exact) mass is 308 g/mol. The topological polar surface area (TPSA) is 56.5 Å². The van der Waals surface area contributed by atoms with Crippen molar-refractivity contribution in [1.29, 1.82) is 0 Å². The smallest absolute Gasteiger partial charge is 0.296 e. The molecule has 21 heavy (non-hydrogen) atoms. The summed E-state index contributed by atoms with van der Waals surface area (Å²) in [6.07, 6.45) is 3.11.